The summed E-state index contributed by atoms with van der Waals surface area (Å²) in [5.74, 6) is -3.20. The van der Waals surface area contributed by atoms with E-state index in [0.29, 0.717) is 31.6 Å². The molecule has 7 bridgehead atoms. The third kappa shape index (κ3) is 4.27. The summed E-state index contributed by atoms with van der Waals surface area (Å²) in [6.45, 7) is 6.64. The smallest absolute Gasteiger partial charge is 0.338 e. The number of aliphatic hydroxyl groups excluding tert-OH is 1. The molecule has 12 heteroatoms. The highest BCUT2D eigenvalue weighted by Crippen LogP contribution is 2.81. The Hall–Kier alpha value is -2.45. The molecule has 1 unspecified atom stereocenters. The molecule has 1 aliphatic heterocycles. The Balaban J connectivity index is 1.43. The minimum atomic E-state index is -1.83. The Labute approximate surface area is 294 Å². The molecule has 2 N–H and O–H groups in total. The van der Waals surface area contributed by atoms with Gasteiger partial charge >= 0.3 is 11.9 Å². The van der Waals surface area contributed by atoms with Gasteiger partial charge in [0.15, 0.2) is 11.4 Å². The average molecular weight is 700 g/mol. The molecular weight excluding hydrogens is 646 g/mol. The van der Waals surface area contributed by atoms with Crippen molar-refractivity contribution in [2.45, 2.75) is 94.2 Å². The number of hydrogen-bond acceptors (Lipinski definition) is 12. The molecule has 0 amide bonds. The van der Waals surface area contributed by atoms with Gasteiger partial charge in [0.2, 0.25) is 0 Å². The molecule has 50 heavy (non-hydrogen) atoms. The number of ketones is 1. The lowest BCUT2D eigenvalue weighted by Gasteiger charge is -2.70. The molecule has 276 valence electrons. The summed E-state index contributed by atoms with van der Waals surface area (Å²) in [5, 5.41) is 25.5. The largest absolute Gasteiger partial charge is 0.455 e. The summed E-state index contributed by atoms with van der Waals surface area (Å²) < 4.78 is 37.9. The van der Waals surface area contributed by atoms with Crippen molar-refractivity contribution < 1.29 is 53.0 Å². The van der Waals surface area contributed by atoms with E-state index in [4.69, 9.17) is 28.4 Å². The molecule has 15 atom stereocenters. The molecule has 1 aromatic carbocycles. The number of Topliss-reactive ketones (excluding diaryl/α,β-unsaturated/α-hetero) is 1. The van der Waals surface area contributed by atoms with Crippen molar-refractivity contribution >= 4 is 17.7 Å². The SMILES string of the molecule is CCCC(=O)c1ccc(C(=O)O[C@@H]2[C@H]3[C@H]4C[C@]2(O)[C@@H](OC)[C@H](O)[C@]3(OC(C)=O)[C@@H]2C3N(C)C[C@]5(COC)[C@H](C)C[C@H](OC)[C@@]34[C@@H]5[C@H]2OC)cc1. The number of methoxy groups -OCH3 is 4. The predicted octanol–water partition coefficient (Wildman–Crippen LogP) is 2.52. The summed E-state index contributed by atoms with van der Waals surface area (Å²) in [4.78, 5) is 42.2. The molecule has 5 saturated carbocycles. The number of esters is 2. The number of benzene rings is 1. The van der Waals surface area contributed by atoms with Gasteiger partial charge in [-0.25, -0.2) is 4.79 Å². The normalized spacial score (nSPS) is 46.8. The van der Waals surface area contributed by atoms with Crippen molar-refractivity contribution in [3.8, 4) is 0 Å². The Morgan fingerprint density at radius 1 is 0.980 bits per heavy atom. The zero-order valence-corrected chi connectivity index (χ0v) is 30.4. The topological polar surface area (TPSA) is 150 Å². The van der Waals surface area contributed by atoms with Gasteiger partial charge in [-0.2, -0.15) is 0 Å². The Kier molecular flexibility index (Phi) is 8.85. The molecular formula is C38H53NO11. The van der Waals surface area contributed by atoms with E-state index in [1.54, 1.807) is 45.6 Å². The monoisotopic (exact) mass is 699 g/mol. The van der Waals surface area contributed by atoms with Crippen LogP contribution >= 0.6 is 0 Å². The number of carbonyl (C=O) groups is 3. The Morgan fingerprint density at radius 2 is 1.66 bits per heavy atom. The third-order valence-electron chi connectivity index (χ3n) is 14.2. The first-order chi connectivity index (χ1) is 23.8. The Morgan fingerprint density at radius 3 is 2.24 bits per heavy atom. The number of ether oxygens (including phenoxy) is 6. The number of fused-ring (bicyclic) bond motifs is 2. The lowest BCUT2D eigenvalue weighted by Crippen LogP contribution is -2.81. The first-order valence-electron chi connectivity index (χ1n) is 18.0. The van der Waals surface area contributed by atoms with E-state index in [2.05, 4.69) is 18.9 Å². The van der Waals surface area contributed by atoms with Crippen LogP contribution in [0.3, 0.4) is 0 Å². The maximum Gasteiger partial charge on any atom is 0.338 e. The zero-order valence-electron chi connectivity index (χ0n) is 30.4. The number of nitrogens with zero attached hydrogens (tertiary/aromatic N) is 1. The van der Waals surface area contributed by atoms with Gasteiger partial charge in [0, 0.05) is 88.5 Å². The Bertz CT molecular complexity index is 1520. The van der Waals surface area contributed by atoms with Gasteiger partial charge in [0.25, 0.3) is 0 Å². The van der Waals surface area contributed by atoms with Gasteiger partial charge in [0.1, 0.15) is 23.9 Å². The van der Waals surface area contributed by atoms with Crippen LogP contribution in [0.15, 0.2) is 24.3 Å². The molecule has 12 nitrogen and oxygen atoms in total. The van der Waals surface area contributed by atoms with Gasteiger partial charge in [-0.05, 0) is 50.3 Å². The maximum atomic E-state index is 14.1. The summed E-state index contributed by atoms with van der Waals surface area (Å²) >= 11 is 0. The fraction of sp³-hybridized carbons (Fsp3) is 0.763. The van der Waals surface area contributed by atoms with Crippen LogP contribution < -0.4 is 0 Å². The van der Waals surface area contributed by atoms with Crippen LogP contribution in [0, 0.1) is 40.4 Å². The summed E-state index contributed by atoms with van der Waals surface area (Å²) in [6.07, 6.45) is -2.79. The minimum absolute atomic E-state index is 0.0166. The van der Waals surface area contributed by atoms with Crippen LogP contribution in [-0.4, -0.2) is 129 Å². The number of piperidine rings is 1. The number of likely N-dealkylation sites (tertiary alicyclic amines) is 1. The summed E-state index contributed by atoms with van der Waals surface area (Å²) in [6, 6.07) is 6.04. The maximum absolute atomic E-state index is 14.1. The van der Waals surface area contributed by atoms with E-state index < -0.39 is 76.1 Å². The fourth-order valence-electron chi connectivity index (χ4n) is 13.1. The number of aliphatic hydroxyl groups is 2. The molecule has 5 aliphatic carbocycles. The van der Waals surface area contributed by atoms with E-state index in [-0.39, 0.29) is 41.7 Å². The van der Waals surface area contributed by atoms with Crippen molar-refractivity contribution in [1.82, 2.24) is 4.90 Å². The van der Waals surface area contributed by atoms with Crippen molar-refractivity contribution in [2.24, 2.45) is 40.4 Å². The van der Waals surface area contributed by atoms with Gasteiger partial charge in [-0.3, -0.25) is 9.59 Å². The van der Waals surface area contributed by atoms with Gasteiger partial charge in [0.05, 0.1) is 24.4 Å². The second-order valence-corrected chi connectivity index (χ2v) is 16.0. The zero-order chi connectivity index (χ0) is 36.1. The van der Waals surface area contributed by atoms with Crippen molar-refractivity contribution in [3.05, 3.63) is 35.4 Å². The molecule has 0 aromatic heterocycles. The van der Waals surface area contributed by atoms with Gasteiger partial charge < -0.3 is 43.5 Å². The van der Waals surface area contributed by atoms with Crippen molar-refractivity contribution in [3.63, 3.8) is 0 Å². The van der Waals surface area contributed by atoms with Crippen LogP contribution in [0.2, 0.25) is 0 Å². The van der Waals surface area contributed by atoms with Crippen molar-refractivity contribution in [1.29, 1.82) is 0 Å². The highest BCUT2D eigenvalue weighted by atomic mass is 16.6. The van der Waals surface area contributed by atoms with Crippen LogP contribution in [-0.2, 0) is 33.2 Å². The van der Waals surface area contributed by atoms with E-state index in [1.165, 1.54) is 14.0 Å². The molecule has 1 spiro atoms. The van der Waals surface area contributed by atoms with Crippen LogP contribution in [0.25, 0.3) is 0 Å². The van der Waals surface area contributed by atoms with E-state index in [0.717, 1.165) is 6.42 Å². The van der Waals surface area contributed by atoms with Gasteiger partial charge in [-0.15, -0.1) is 0 Å². The molecule has 1 heterocycles. The summed E-state index contributed by atoms with van der Waals surface area (Å²) in [5.41, 5.74) is -3.84. The van der Waals surface area contributed by atoms with Crippen LogP contribution in [0.5, 0.6) is 0 Å². The lowest BCUT2D eigenvalue weighted by molar-refractivity contribution is -0.318. The third-order valence-corrected chi connectivity index (χ3v) is 14.2. The fourth-order valence-corrected chi connectivity index (χ4v) is 13.1. The molecule has 6 aliphatic rings. The molecule has 7 rings (SSSR count). The highest BCUT2D eigenvalue weighted by molar-refractivity contribution is 5.97. The predicted molar refractivity (Wildman–Crippen MR) is 178 cm³/mol. The van der Waals surface area contributed by atoms with Crippen molar-refractivity contribution in [2.75, 3.05) is 48.6 Å². The van der Waals surface area contributed by atoms with E-state index in [9.17, 15) is 24.6 Å². The average Bonchev–Trinajstić information content (AvgIpc) is 3.47. The first kappa shape index (κ1) is 35.9. The minimum Gasteiger partial charge on any atom is -0.455 e. The number of rotatable bonds is 11. The summed E-state index contributed by atoms with van der Waals surface area (Å²) in [7, 11) is 8.58. The molecule has 1 aromatic rings. The van der Waals surface area contributed by atoms with Gasteiger partial charge in [-0.1, -0.05) is 26.0 Å². The highest BCUT2D eigenvalue weighted by Gasteiger charge is 2.92. The van der Waals surface area contributed by atoms with E-state index >= 15 is 0 Å². The standard InChI is InChI=1S/C38H53NO11/c1-9-10-24(41)21-11-13-22(14-12-21)34(43)49-32-26-23-16-36(32,44)33(48-8)31(42)38(26,50-20(3)40)27-28(47-7)29-35(18-45-5)17-39(4)30(27)37(23,29)25(46-6)15-19(35)2/h11-14,19,23,25-33,42,44H,9-10,15-18H2,1-8H3/t19-,23-,25+,26-,27+,28+,29-,30?,31+,32-,33+,35+,36-,37+,38-/m1/s1. The number of hydrogen-bond donors (Lipinski definition) is 2. The number of carbonyl (C=O) groups excluding carboxylic acids is 3. The van der Waals surface area contributed by atoms with Crippen LogP contribution in [0.4, 0.5) is 0 Å². The molecule has 6 fully saturated rings. The first-order valence-corrected chi connectivity index (χ1v) is 18.0. The second kappa shape index (κ2) is 12.3. The van der Waals surface area contributed by atoms with Crippen LogP contribution in [0.1, 0.15) is 67.2 Å². The van der Waals surface area contributed by atoms with E-state index in [1.807, 2.05) is 6.92 Å². The lowest BCUT2D eigenvalue weighted by atomic mass is 9.41. The molecule has 1 saturated heterocycles. The quantitative estimate of drug-likeness (QED) is 0.258. The second-order valence-electron chi connectivity index (χ2n) is 16.0. The molecule has 0 radical (unpaired) electrons.